The van der Waals surface area contributed by atoms with Crippen LogP contribution in [0.5, 0.6) is 11.5 Å². The van der Waals surface area contributed by atoms with Crippen LogP contribution >= 0.6 is 0 Å². The van der Waals surface area contributed by atoms with Crippen LogP contribution in [0.4, 0.5) is 4.39 Å². The molecule has 0 saturated heterocycles. The molecule has 152 valence electrons. The predicted molar refractivity (Wildman–Crippen MR) is 113 cm³/mol. The summed E-state index contributed by atoms with van der Waals surface area (Å²) in [5, 5.41) is 0.732. The van der Waals surface area contributed by atoms with Gasteiger partial charge in [-0.2, -0.15) is 0 Å². The molecular formula is C24H21FN2O3. The van der Waals surface area contributed by atoms with Crippen molar-refractivity contribution in [3.63, 3.8) is 0 Å². The molecular weight excluding hydrogens is 383 g/mol. The Bertz CT molecular complexity index is 1200. The highest BCUT2D eigenvalue weighted by atomic mass is 19.1. The third-order valence-corrected chi connectivity index (χ3v) is 4.85. The van der Waals surface area contributed by atoms with Crippen molar-refractivity contribution in [2.45, 2.75) is 20.0 Å². The molecule has 1 N–H and O–H groups in total. The van der Waals surface area contributed by atoms with E-state index in [1.165, 1.54) is 6.07 Å². The number of aromatic amines is 1. The van der Waals surface area contributed by atoms with Crippen LogP contribution in [-0.4, -0.2) is 22.4 Å². The molecule has 0 aliphatic rings. The smallest absolute Gasteiger partial charge is 0.199 e. The Labute approximate surface area is 173 Å². The minimum Gasteiger partial charge on any atom is -0.489 e. The van der Waals surface area contributed by atoms with Crippen molar-refractivity contribution >= 4 is 16.8 Å². The molecule has 2 aromatic heterocycles. The Morgan fingerprint density at radius 2 is 1.93 bits per heavy atom. The van der Waals surface area contributed by atoms with E-state index in [0.717, 1.165) is 5.39 Å². The number of ketones is 1. The molecule has 0 amide bonds. The van der Waals surface area contributed by atoms with Crippen molar-refractivity contribution in [2.75, 3.05) is 6.61 Å². The van der Waals surface area contributed by atoms with Crippen molar-refractivity contribution < 1.29 is 18.7 Å². The number of ether oxygens (including phenoxy) is 2. The number of hydrogen-bond acceptors (Lipinski definition) is 4. The van der Waals surface area contributed by atoms with Crippen molar-refractivity contribution in [3.8, 4) is 11.5 Å². The molecule has 1 atom stereocenters. The van der Waals surface area contributed by atoms with E-state index in [0.29, 0.717) is 40.4 Å². The van der Waals surface area contributed by atoms with Gasteiger partial charge in [-0.1, -0.05) is 24.3 Å². The average Bonchev–Trinajstić information content (AvgIpc) is 3.19. The Kier molecular flexibility index (Phi) is 5.48. The highest BCUT2D eigenvalue weighted by Gasteiger charge is 2.23. The third kappa shape index (κ3) is 3.64. The minimum absolute atomic E-state index is 0.207. The Hall–Kier alpha value is -3.67. The van der Waals surface area contributed by atoms with Crippen molar-refractivity contribution in [3.05, 3.63) is 89.5 Å². The lowest BCUT2D eigenvalue weighted by molar-refractivity contribution is 0.103. The summed E-state index contributed by atoms with van der Waals surface area (Å²) in [6.45, 7) is 3.94. The van der Waals surface area contributed by atoms with E-state index in [2.05, 4.69) is 9.97 Å². The number of benzene rings is 2. The monoisotopic (exact) mass is 404 g/mol. The second kappa shape index (κ2) is 8.37. The summed E-state index contributed by atoms with van der Waals surface area (Å²) in [6, 6.07) is 15.2. The fraction of sp³-hybridized carbons (Fsp3) is 0.167. The zero-order chi connectivity index (χ0) is 21.1. The van der Waals surface area contributed by atoms with Crippen molar-refractivity contribution in [1.82, 2.24) is 9.97 Å². The standard InChI is InChI=1S/C24H21FN2O3/c1-3-29-23-18(22(28)19-14-27-24-17(19)10-7-13-26-24)9-6-12-21(23)30-15(2)16-8-4-5-11-20(16)25/h4-15H,3H2,1-2H3,(H,26,27). The van der Waals surface area contributed by atoms with Gasteiger partial charge >= 0.3 is 0 Å². The topological polar surface area (TPSA) is 64.2 Å². The van der Waals surface area contributed by atoms with E-state index in [4.69, 9.17) is 9.47 Å². The van der Waals surface area contributed by atoms with E-state index in [1.54, 1.807) is 61.8 Å². The molecule has 0 spiro atoms. The fourth-order valence-electron chi connectivity index (χ4n) is 3.43. The van der Waals surface area contributed by atoms with Crippen molar-refractivity contribution in [1.29, 1.82) is 0 Å². The van der Waals surface area contributed by atoms with Crippen molar-refractivity contribution in [2.24, 2.45) is 0 Å². The molecule has 0 radical (unpaired) electrons. The van der Waals surface area contributed by atoms with Gasteiger partial charge in [-0.3, -0.25) is 4.79 Å². The number of carbonyl (C=O) groups is 1. The van der Waals surface area contributed by atoms with Gasteiger partial charge in [0.2, 0.25) is 0 Å². The summed E-state index contributed by atoms with van der Waals surface area (Å²) < 4.78 is 26.0. The summed E-state index contributed by atoms with van der Waals surface area (Å²) in [5.41, 5.74) is 1.94. The average molecular weight is 404 g/mol. The highest BCUT2D eigenvalue weighted by Crippen LogP contribution is 2.36. The number of rotatable bonds is 7. The van der Waals surface area contributed by atoms with Crippen LogP contribution in [0.25, 0.3) is 11.0 Å². The maximum atomic E-state index is 14.2. The van der Waals surface area contributed by atoms with Gasteiger partial charge < -0.3 is 14.5 Å². The summed E-state index contributed by atoms with van der Waals surface area (Å²) in [5.74, 6) is 0.172. The molecule has 0 aliphatic carbocycles. The lowest BCUT2D eigenvalue weighted by atomic mass is 10.0. The van der Waals surface area contributed by atoms with Gasteiger partial charge in [0, 0.05) is 28.9 Å². The molecule has 0 fully saturated rings. The van der Waals surface area contributed by atoms with Crippen LogP contribution in [0, 0.1) is 5.82 Å². The van der Waals surface area contributed by atoms with Crippen LogP contribution in [0.15, 0.2) is 67.0 Å². The number of fused-ring (bicyclic) bond motifs is 1. The van der Waals surface area contributed by atoms with Crippen LogP contribution in [0.3, 0.4) is 0 Å². The van der Waals surface area contributed by atoms with Crippen LogP contribution in [-0.2, 0) is 0 Å². The number of halogens is 1. The molecule has 2 heterocycles. The molecule has 1 unspecified atom stereocenters. The zero-order valence-corrected chi connectivity index (χ0v) is 16.7. The maximum absolute atomic E-state index is 14.2. The first-order valence-electron chi connectivity index (χ1n) is 9.73. The second-order valence-corrected chi connectivity index (χ2v) is 6.78. The summed E-state index contributed by atoms with van der Waals surface area (Å²) in [6.07, 6.45) is 2.75. The summed E-state index contributed by atoms with van der Waals surface area (Å²) in [7, 11) is 0. The molecule has 30 heavy (non-hydrogen) atoms. The van der Waals surface area contributed by atoms with Gasteiger partial charge in [0.05, 0.1) is 12.2 Å². The summed E-state index contributed by atoms with van der Waals surface area (Å²) in [4.78, 5) is 20.6. The summed E-state index contributed by atoms with van der Waals surface area (Å²) >= 11 is 0. The van der Waals surface area contributed by atoms with E-state index in [1.807, 2.05) is 13.0 Å². The first-order valence-corrected chi connectivity index (χ1v) is 9.73. The molecule has 2 aromatic carbocycles. The quantitative estimate of drug-likeness (QED) is 0.415. The number of nitrogens with zero attached hydrogens (tertiary/aromatic N) is 1. The van der Waals surface area contributed by atoms with E-state index >= 15 is 0 Å². The number of para-hydroxylation sites is 1. The zero-order valence-electron chi connectivity index (χ0n) is 16.7. The molecule has 0 aliphatic heterocycles. The van der Waals surface area contributed by atoms with Gasteiger partial charge in [-0.15, -0.1) is 0 Å². The number of aromatic nitrogens is 2. The first kappa shape index (κ1) is 19.6. The fourth-order valence-corrected chi connectivity index (χ4v) is 3.43. The maximum Gasteiger partial charge on any atom is 0.199 e. The number of H-pyrrole nitrogens is 1. The molecule has 0 bridgehead atoms. The Balaban J connectivity index is 1.73. The third-order valence-electron chi connectivity index (χ3n) is 4.85. The number of hydrogen-bond donors (Lipinski definition) is 1. The molecule has 4 aromatic rings. The lowest BCUT2D eigenvalue weighted by Crippen LogP contribution is -2.10. The molecule has 4 rings (SSSR count). The first-order chi connectivity index (χ1) is 14.6. The molecule has 6 heteroatoms. The van der Waals surface area contributed by atoms with Gasteiger partial charge in [-0.05, 0) is 44.2 Å². The van der Waals surface area contributed by atoms with E-state index in [9.17, 15) is 9.18 Å². The van der Waals surface area contributed by atoms with Gasteiger partial charge in [0.1, 0.15) is 17.6 Å². The largest absolute Gasteiger partial charge is 0.489 e. The Morgan fingerprint density at radius 3 is 2.73 bits per heavy atom. The predicted octanol–water partition coefficient (Wildman–Crippen LogP) is 5.47. The van der Waals surface area contributed by atoms with Gasteiger partial charge in [0.25, 0.3) is 0 Å². The number of pyridine rings is 1. The van der Waals surface area contributed by atoms with Crippen LogP contribution in [0.1, 0.15) is 41.4 Å². The normalized spacial score (nSPS) is 12.0. The highest BCUT2D eigenvalue weighted by molar-refractivity contribution is 6.17. The van der Waals surface area contributed by atoms with E-state index in [-0.39, 0.29) is 11.6 Å². The minimum atomic E-state index is -0.562. The SMILES string of the molecule is CCOc1c(OC(C)c2ccccc2F)cccc1C(=O)c1c[nH]c2ncccc12. The van der Waals surface area contributed by atoms with Gasteiger partial charge in [-0.25, -0.2) is 9.37 Å². The lowest BCUT2D eigenvalue weighted by Gasteiger charge is -2.20. The van der Waals surface area contributed by atoms with Crippen LogP contribution in [0.2, 0.25) is 0 Å². The number of carbonyl (C=O) groups excluding carboxylic acids is 1. The van der Waals surface area contributed by atoms with E-state index < -0.39 is 6.10 Å². The van der Waals surface area contributed by atoms with Gasteiger partial charge in [0.15, 0.2) is 17.3 Å². The second-order valence-electron chi connectivity index (χ2n) is 6.78. The van der Waals surface area contributed by atoms with Crippen LogP contribution < -0.4 is 9.47 Å². The Morgan fingerprint density at radius 1 is 1.10 bits per heavy atom. The molecule has 5 nitrogen and oxygen atoms in total. The number of nitrogens with one attached hydrogen (secondary N) is 1. The molecule has 0 saturated carbocycles.